The first-order valence-electron chi connectivity index (χ1n) is 7.38. The summed E-state index contributed by atoms with van der Waals surface area (Å²) in [5.41, 5.74) is 5.69. The van der Waals surface area contributed by atoms with Crippen molar-refractivity contribution in [1.82, 2.24) is 9.88 Å². The van der Waals surface area contributed by atoms with Gasteiger partial charge in [-0.2, -0.15) is 0 Å². The summed E-state index contributed by atoms with van der Waals surface area (Å²) in [6.07, 6.45) is 0. The summed E-state index contributed by atoms with van der Waals surface area (Å²) in [6, 6.07) is 4.80. The summed E-state index contributed by atoms with van der Waals surface area (Å²) < 4.78 is 19.7. The molecule has 3 rings (SSSR count). The maximum atomic E-state index is 13.8. The number of methoxy groups -OCH3 is 1. The maximum Gasteiger partial charge on any atom is 0.262 e. The molecule has 1 aromatic carbocycles. The first-order valence-corrected chi connectivity index (χ1v) is 7.38. The molecule has 1 aliphatic rings. The van der Waals surface area contributed by atoms with Crippen LogP contribution in [0.3, 0.4) is 0 Å². The maximum absolute atomic E-state index is 13.8. The largest absolute Gasteiger partial charge is 0.384 e. The number of amides is 2. The van der Waals surface area contributed by atoms with Gasteiger partial charge in [0.1, 0.15) is 11.6 Å². The highest BCUT2D eigenvalue weighted by atomic mass is 19.1. The molecule has 2 amide bonds. The number of hydrogen-bond acceptors (Lipinski definition) is 6. The third-order valence-electron chi connectivity index (χ3n) is 3.78. The fraction of sp³-hybridized carbons (Fsp3) is 0.188. The molecule has 25 heavy (non-hydrogen) atoms. The number of pyridine rings is 1. The second-order valence-corrected chi connectivity index (χ2v) is 5.36. The van der Waals surface area contributed by atoms with Crippen LogP contribution in [0.2, 0.25) is 0 Å². The van der Waals surface area contributed by atoms with Crippen LogP contribution < -0.4 is 21.9 Å². The van der Waals surface area contributed by atoms with E-state index in [4.69, 9.17) is 10.5 Å². The van der Waals surface area contributed by atoms with E-state index in [-0.39, 0.29) is 22.6 Å². The van der Waals surface area contributed by atoms with E-state index in [9.17, 15) is 18.8 Å². The molecule has 0 bridgehead atoms. The lowest BCUT2D eigenvalue weighted by Crippen LogP contribution is -2.25. The van der Waals surface area contributed by atoms with Crippen molar-refractivity contribution in [2.45, 2.75) is 0 Å². The van der Waals surface area contributed by atoms with Crippen LogP contribution in [0.1, 0.15) is 20.7 Å². The quantitative estimate of drug-likeness (QED) is 0.536. The van der Waals surface area contributed by atoms with Gasteiger partial charge < -0.3 is 15.8 Å². The van der Waals surface area contributed by atoms with Crippen LogP contribution in [0, 0.1) is 5.82 Å². The number of imide groups is 1. The number of halogens is 1. The number of nitrogens with two attached hydrogens (primary N) is 1. The molecule has 2 aromatic rings. The van der Waals surface area contributed by atoms with Gasteiger partial charge in [-0.05, 0) is 12.1 Å². The van der Waals surface area contributed by atoms with E-state index in [1.165, 1.54) is 19.2 Å². The third kappa shape index (κ3) is 2.85. The Bertz CT molecular complexity index is 938. The summed E-state index contributed by atoms with van der Waals surface area (Å²) in [4.78, 5) is 36.1. The Morgan fingerprint density at radius 3 is 2.72 bits per heavy atom. The van der Waals surface area contributed by atoms with Gasteiger partial charge in [0.05, 0.1) is 29.1 Å². The van der Waals surface area contributed by atoms with E-state index in [1.54, 1.807) is 0 Å². The van der Waals surface area contributed by atoms with Crippen molar-refractivity contribution in [1.29, 1.82) is 0 Å². The molecule has 0 spiro atoms. The Balaban J connectivity index is 2.19. The predicted molar refractivity (Wildman–Crippen MR) is 88.6 cm³/mol. The van der Waals surface area contributed by atoms with Gasteiger partial charge in [-0.25, -0.2) is 4.39 Å². The Labute approximate surface area is 141 Å². The number of nitrogens with zero attached hydrogens (tertiary/aromatic N) is 1. The topological polar surface area (TPSA) is 115 Å². The number of fused-ring (bicyclic) bond motifs is 1. The first-order chi connectivity index (χ1) is 11.9. The van der Waals surface area contributed by atoms with Crippen molar-refractivity contribution in [3.63, 3.8) is 0 Å². The first kappa shape index (κ1) is 16.7. The molecule has 0 aliphatic carbocycles. The second-order valence-electron chi connectivity index (χ2n) is 5.36. The Hall–Kier alpha value is -3.20. The van der Waals surface area contributed by atoms with E-state index in [2.05, 4.69) is 10.6 Å². The molecule has 0 radical (unpaired) electrons. The molecule has 0 saturated carbocycles. The van der Waals surface area contributed by atoms with E-state index in [0.29, 0.717) is 18.8 Å². The van der Waals surface area contributed by atoms with Crippen LogP contribution in [0.5, 0.6) is 0 Å². The number of hydrogen-bond donors (Lipinski definition) is 3. The lowest BCUT2D eigenvalue weighted by atomic mass is 10.1. The molecule has 0 saturated heterocycles. The second kappa shape index (κ2) is 6.36. The minimum absolute atomic E-state index is 0.0888. The number of carbonyl (C=O) groups excluding carboxylic acids is 2. The minimum Gasteiger partial charge on any atom is -0.384 e. The molecule has 1 aliphatic heterocycles. The van der Waals surface area contributed by atoms with Crippen molar-refractivity contribution < 1.29 is 18.7 Å². The fourth-order valence-corrected chi connectivity index (χ4v) is 2.65. The van der Waals surface area contributed by atoms with E-state index in [0.717, 1.165) is 16.7 Å². The van der Waals surface area contributed by atoms with Gasteiger partial charge in [0.2, 0.25) is 0 Å². The average molecular weight is 346 g/mol. The highest BCUT2D eigenvalue weighted by Crippen LogP contribution is 2.27. The summed E-state index contributed by atoms with van der Waals surface area (Å²) in [6.45, 7) is 0.802. The van der Waals surface area contributed by atoms with Gasteiger partial charge in [-0.3, -0.25) is 24.3 Å². The van der Waals surface area contributed by atoms with Crippen LogP contribution in [-0.4, -0.2) is 36.6 Å². The summed E-state index contributed by atoms with van der Waals surface area (Å²) in [7, 11) is 1.53. The van der Waals surface area contributed by atoms with Gasteiger partial charge in [0, 0.05) is 25.8 Å². The van der Waals surface area contributed by atoms with Crippen molar-refractivity contribution in [2.75, 3.05) is 31.3 Å². The number of aromatic nitrogens is 1. The van der Waals surface area contributed by atoms with Gasteiger partial charge >= 0.3 is 0 Å². The monoisotopic (exact) mass is 346 g/mol. The van der Waals surface area contributed by atoms with Crippen LogP contribution in [0.25, 0.3) is 5.69 Å². The normalized spacial score (nSPS) is 12.9. The SMILES string of the molecule is COCCNc1ccc(F)cc1-n1c(N)c2c(cc1=O)C(=O)NC2=O. The number of anilines is 2. The number of nitrogens with one attached hydrogen (secondary N) is 2. The third-order valence-corrected chi connectivity index (χ3v) is 3.78. The number of carbonyl (C=O) groups is 2. The van der Waals surface area contributed by atoms with Crippen molar-refractivity contribution >= 4 is 23.3 Å². The van der Waals surface area contributed by atoms with E-state index < -0.39 is 23.2 Å². The molecule has 8 nitrogen and oxygen atoms in total. The molecule has 130 valence electrons. The van der Waals surface area contributed by atoms with Gasteiger partial charge in [0.15, 0.2) is 0 Å². The molecular weight excluding hydrogens is 331 g/mol. The van der Waals surface area contributed by atoms with Gasteiger partial charge in [-0.15, -0.1) is 0 Å². The smallest absolute Gasteiger partial charge is 0.262 e. The van der Waals surface area contributed by atoms with Crippen molar-refractivity contribution in [3.8, 4) is 5.69 Å². The van der Waals surface area contributed by atoms with Crippen LogP contribution in [-0.2, 0) is 4.74 Å². The zero-order chi connectivity index (χ0) is 18.1. The molecule has 0 atom stereocenters. The van der Waals surface area contributed by atoms with E-state index >= 15 is 0 Å². The Morgan fingerprint density at radius 2 is 2.00 bits per heavy atom. The molecule has 2 heterocycles. The standard InChI is InChI=1S/C16H15FN4O4/c1-25-5-4-19-10-3-2-8(17)6-11(10)21-12(22)7-9-13(14(21)18)16(24)20-15(9)23/h2-3,6-7,19H,4-5,18H2,1H3,(H,20,23,24). The lowest BCUT2D eigenvalue weighted by molar-refractivity contribution is 0.0880. The number of benzene rings is 1. The number of ether oxygens (including phenoxy) is 1. The van der Waals surface area contributed by atoms with Crippen molar-refractivity contribution in [3.05, 3.63) is 51.6 Å². The molecule has 0 unspecified atom stereocenters. The fourth-order valence-electron chi connectivity index (χ4n) is 2.65. The molecular formula is C16H15FN4O4. The lowest BCUT2D eigenvalue weighted by Gasteiger charge is -2.17. The molecule has 1 aromatic heterocycles. The minimum atomic E-state index is -0.698. The Morgan fingerprint density at radius 1 is 1.24 bits per heavy atom. The highest BCUT2D eigenvalue weighted by Gasteiger charge is 2.32. The number of nitrogen functional groups attached to an aromatic ring is 1. The molecule has 0 fully saturated rings. The van der Waals surface area contributed by atoms with Crippen molar-refractivity contribution in [2.24, 2.45) is 0 Å². The van der Waals surface area contributed by atoms with Gasteiger partial charge in [-0.1, -0.05) is 0 Å². The summed E-state index contributed by atoms with van der Waals surface area (Å²) in [5.74, 6) is -2.20. The molecule has 4 N–H and O–H groups in total. The van der Waals surface area contributed by atoms with Crippen LogP contribution >= 0.6 is 0 Å². The molecule has 9 heteroatoms. The zero-order valence-electron chi connectivity index (χ0n) is 13.3. The summed E-state index contributed by atoms with van der Waals surface area (Å²) in [5, 5.41) is 5.09. The predicted octanol–water partition coefficient (Wildman–Crippen LogP) is 0.501. The Kier molecular flexibility index (Phi) is 4.24. The van der Waals surface area contributed by atoms with Gasteiger partial charge in [0.25, 0.3) is 17.4 Å². The van der Waals surface area contributed by atoms with E-state index in [1.807, 2.05) is 0 Å². The number of rotatable bonds is 5. The average Bonchev–Trinajstić information content (AvgIpc) is 2.83. The van der Waals surface area contributed by atoms with Crippen LogP contribution in [0.15, 0.2) is 29.1 Å². The zero-order valence-corrected chi connectivity index (χ0v) is 13.3. The highest BCUT2D eigenvalue weighted by molar-refractivity contribution is 6.23. The van der Waals surface area contributed by atoms with Crippen LogP contribution in [0.4, 0.5) is 15.9 Å². The summed E-state index contributed by atoms with van der Waals surface area (Å²) >= 11 is 0.